The van der Waals surface area contributed by atoms with E-state index < -0.39 is 0 Å². The molecule has 0 aliphatic carbocycles. The van der Waals surface area contributed by atoms with E-state index in [2.05, 4.69) is 10.3 Å². The minimum atomic E-state index is -0.0382. The molecule has 4 nitrogen and oxygen atoms in total. The van der Waals surface area contributed by atoms with E-state index in [1.54, 1.807) is 18.4 Å². The Hall–Kier alpha value is -2.66. The highest BCUT2D eigenvalue weighted by atomic mass is 32.1. The Balaban J connectivity index is 1.56. The first-order chi connectivity index (χ1) is 12.2. The van der Waals surface area contributed by atoms with Gasteiger partial charge in [-0.15, -0.1) is 11.3 Å². The second kappa shape index (κ2) is 7.94. The van der Waals surface area contributed by atoms with Crippen molar-refractivity contribution in [2.24, 2.45) is 0 Å². The summed E-state index contributed by atoms with van der Waals surface area (Å²) in [6.07, 6.45) is 0.713. The molecule has 5 heteroatoms. The lowest BCUT2D eigenvalue weighted by atomic mass is 10.1. The Morgan fingerprint density at radius 2 is 1.92 bits per heavy atom. The first kappa shape index (κ1) is 17.2. The van der Waals surface area contributed by atoms with Gasteiger partial charge in [-0.25, -0.2) is 4.98 Å². The van der Waals surface area contributed by atoms with Gasteiger partial charge in [0.2, 0.25) is 0 Å². The molecule has 25 heavy (non-hydrogen) atoms. The minimum Gasteiger partial charge on any atom is -0.497 e. The number of aromatic nitrogens is 1. The average molecular weight is 352 g/mol. The molecule has 3 rings (SSSR count). The molecule has 3 aromatic rings. The Morgan fingerprint density at radius 1 is 1.16 bits per heavy atom. The van der Waals surface area contributed by atoms with Crippen molar-refractivity contribution >= 4 is 17.2 Å². The number of methoxy groups -OCH3 is 1. The van der Waals surface area contributed by atoms with Gasteiger partial charge in [-0.3, -0.25) is 4.79 Å². The number of hydrogen-bond donors (Lipinski definition) is 1. The second-order valence-electron chi connectivity index (χ2n) is 5.69. The van der Waals surface area contributed by atoms with Crippen LogP contribution in [-0.4, -0.2) is 24.5 Å². The SMILES string of the molecule is COc1ccc(-c2nc(CCNC(=O)c3ccccc3C)cs2)cc1. The quantitative estimate of drug-likeness (QED) is 0.727. The summed E-state index contributed by atoms with van der Waals surface area (Å²) < 4.78 is 5.17. The standard InChI is InChI=1S/C20H20N2O2S/c1-14-5-3-4-6-18(14)19(23)21-12-11-16-13-25-20(22-16)15-7-9-17(24-2)10-8-15/h3-10,13H,11-12H2,1-2H3,(H,21,23). The first-order valence-corrected chi connectivity index (χ1v) is 8.98. The van der Waals surface area contributed by atoms with Crippen molar-refractivity contribution in [3.63, 3.8) is 0 Å². The number of thiazole rings is 1. The molecule has 2 aromatic carbocycles. The molecule has 0 aliphatic heterocycles. The summed E-state index contributed by atoms with van der Waals surface area (Å²) in [5.74, 6) is 0.795. The largest absolute Gasteiger partial charge is 0.497 e. The van der Waals surface area contributed by atoms with Gasteiger partial charge in [0.25, 0.3) is 5.91 Å². The van der Waals surface area contributed by atoms with E-state index in [4.69, 9.17) is 4.74 Å². The predicted octanol–water partition coefficient (Wildman–Crippen LogP) is 4.10. The topological polar surface area (TPSA) is 51.2 Å². The van der Waals surface area contributed by atoms with Crippen LogP contribution in [0.25, 0.3) is 10.6 Å². The number of nitrogens with zero attached hydrogens (tertiary/aromatic N) is 1. The van der Waals surface area contributed by atoms with E-state index in [1.165, 1.54) is 0 Å². The van der Waals surface area contributed by atoms with Crippen molar-refractivity contribution in [2.45, 2.75) is 13.3 Å². The van der Waals surface area contributed by atoms with Crippen molar-refractivity contribution in [1.82, 2.24) is 10.3 Å². The molecule has 0 unspecified atom stereocenters. The summed E-state index contributed by atoms with van der Waals surface area (Å²) >= 11 is 1.61. The van der Waals surface area contributed by atoms with Gasteiger partial charge in [0, 0.05) is 29.5 Å². The Labute approximate surface area is 151 Å². The molecule has 1 amide bonds. The van der Waals surface area contributed by atoms with Crippen molar-refractivity contribution in [3.05, 3.63) is 70.7 Å². The molecule has 0 spiro atoms. The number of carbonyl (C=O) groups is 1. The summed E-state index contributed by atoms with van der Waals surface area (Å²) in [6, 6.07) is 15.5. The van der Waals surface area contributed by atoms with Gasteiger partial charge < -0.3 is 10.1 Å². The minimum absolute atomic E-state index is 0.0382. The molecule has 0 fully saturated rings. The molecule has 0 bridgehead atoms. The number of carbonyl (C=O) groups excluding carboxylic acids is 1. The van der Waals surface area contributed by atoms with E-state index in [0.29, 0.717) is 13.0 Å². The number of ether oxygens (including phenoxy) is 1. The van der Waals surface area contributed by atoms with Crippen LogP contribution in [0.1, 0.15) is 21.6 Å². The van der Waals surface area contributed by atoms with Gasteiger partial charge in [0.15, 0.2) is 0 Å². The van der Waals surface area contributed by atoms with Crippen LogP contribution in [0.15, 0.2) is 53.9 Å². The number of amides is 1. The Kier molecular flexibility index (Phi) is 5.46. The average Bonchev–Trinajstić information content (AvgIpc) is 3.11. The number of nitrogens with one attached hydrogen (secondary N) is 1. The molecular weight excluding hydrogens is 332 g/mol. The van der Waals surface area contributed by atoms with Gasteiger partial charge in [0.1, 0.15) is 10.8 Å². The molecule has 0 radical (unpaired) electrons. The molecule has 0 aliphatic rings. The Morgan fingerprint density at radius 3 is 2.64 bits per heavy atom. The highest BCUT2D eigenvalue weighted by Gasteiger charge is 2.09. The van der Waals surface area contributed by atoms with E-state index in [1.807, 2.05) is 60.8 Å². The Bertz CT molecular complexity index is 856. The molecule has 1 N–H and O–H groups in total. The summed E-state index contributed by atoms with van der Waals surface area (Å²) in [5, 5.41) is 5.98. The monoisotopic (exact) mass is 352 g/mol. The van der Waals surface area contributed by atoms with Crippen LogP contribution >= 0.6 is 11.3 Å². The third kappa shape index (κ3) is 4.25. The number of aryl methyl sites for hydroxylation is 1. The lowest BCUT2D eigenvalue weighted by Crippen LogP contribution is -2.26. The molecule has 0 saturated carbocycles. The molecule has 1 aromatic heterocycles. The van der Waals surface area contributed by atoms with Gasteiger partial charge in [-0.2, -0.15) is 0 Å². The normalized spacial score (nSPS) is 10.5. The fourth-order valence-corrected chi connectivity index (χ4v) is 3.38. The molecule has 1 heterocycles. The van der Waals surface area contributed by atoms with Crippen molar-refractivity contribution < 1.29 is 9.53 Å². The van der Waals surface area contributed by atoms with E-state index in [0.717, 1.165) is 33.1 Å². The van der Waals surface area contributed by atoms with E-state index in [-0.39, 0.29) is 5.91 Å². The zero-order valence-corrected chi connectivity index (χ0v) is 15.1. The predicted molar refractivity (Wildman–Crippen MR) is 101 cm³/mol. The summed E-state index contributed by atoms with van der Waals surface area (Å²) in [5.41, 5.74) is 3.76. The van der Waals surface area contributed by atoms with Crippen molar-refractivity contribution in [3.8, 4) is 16.3 Å². The lowest BCUT2D eigenvalue weighted by molar-refractivity contribution is 0.0953. The summed E-state index contributed by atoms with van der Waals surface area (Å²) in [4.78, 5) is 16.9. The van der Waals surface area contributed by atoms with Crippen LogP contribution < -0.4 is 10.1 Å². The number of rotatable bonds is 6. The van der Waals surface area contributed by atoms with Crippen LogP contribution in [0.5, 0.6) is 5.75 Å². The van der Waals surface area contributed by atoms with E-state index >= 15 is 0 Å². The van der Waals surface area contributed by atoms with Crippen molar-refractivity contribution in [1.29, 1.82) is 0 Å². The second-order valence-corrected chi connectivity index (χ2v) is 6.55. The zero-order chi connectivity index (χ0) is 17.6. The lowest BCUT2D eigenvalue weighted by Gasteiger charge is -2.06. The molecule has 128 valence electrons. The van der Waals surface area contributed by atoms with Gasteiger partial charge in [0.05, 0.1) is 12.8 Å². The highest BCUT2D eigenvalue weighted by molar-refractivity contribution is 7.13. The maximum atomic E-state index is 12.2. The van der Waals surface area contributed by atoms with Gasteiger partial charge in [-0.1, -0.05) is 18.2 Å². The smallest absolute Gasteiger partial charge is 0.251 e. The van der Waals surface area contributed by atoms with Crippen LogP contribution in [0.2, 0.25) is 0 Å². The first-order valence-electron chi connectivity index (χ1n) is 8.10. The van der Waals surface area contributed by atoms with Crippen LogP contribution in [0.4, 0.5) is 0 Å². The zero-order valence-electron chi connectivity index (χ0n) is 14.3. The van der Waals surface area contributed by atoms with E-state index in [9.17, 15) is 4.79 Å². The molecule has 0 saturated heterocycles. The van der Waals surface area contributed by atoms with Gasteiger partial charge >= 0.3 is 0 Å². The maximum absolute atomic E-state index is 12.2. The fraction of sp³-hybridized carbons (Fsp3) is 0.200. The fourth-order valence-electron chi connectivity index (χ4n) is 2.51. The maximum Gasteiger partial charge on any atom is 0.251 e. The molecular formula is C20H20N2O2S. The highest BCUT2D eigenvalue weighted by Crippen LogP contribution is 2.25. The van der Waals surface area contributed by atoms with Crippen LogP contribution in [-0.2, 0) is 6.42 Å². The van der Waals surface area contributed by atoms with Crippen LogP contribution in [0, 0.1) is 6.92 Å². The number of hydrogen-bond acceptors (Lipinski definition) is 4. The van der Waals surface area contributed by atoms with Gasteiger partial charge in [-0.05, 0) is 42.8 Å². The third-order valence-electron chi connectivity index (χ3n) is 3.95. The van der Waals surface area contributed by atoms with Crippen LogP contribution in [0.3, 0.4) is 0 Å². The third-order valence-corrected chi connectivity index (χ3v) is 4.89. The summed E-state index contributed by atoms with van der Waals surface area (Å²) in [6.45, 7) is 2.51. The van der Waals surface area contributed by atoms with Crippen molar-refractivity contribution in [2.75, 3.05) is 13.7 Å². The molecule has 0 atom stereocenters. The number of benzene rings is 2. The summed E-state index contributed by atoms with van der Waals surface area (Å²) in [7, 11) is 1.65.